The van der Waals surface area contributed by atoms with Crippen LogP contribution in [0.3, 0.4) is 0 Å². The summed E-state index contributed by atoms with van der Waals surface area (Å²) in [6, 6.07) is 7.09. The Labute approximate surface area is 149 Å². The van der Waals surface area contributed by atoms with Gasteiger partial charge < -0.3 is 20.3 Å². The fraction of sp³-hybridized carbons (Fsp3) is 0.556. The fourth-order valence-electron chi connectivity index (χ4n) is 2.79. The van der Waals surface area contributed by atoms with Crippen molar-refractivity contribution >= 4 is 17.6 Å². The summed E-state index contributed by atoms with van der Waals surface area (Å²) in [6.07, 6.45) is 0. The van der Waals surface area contributed by atoms with Crippen LogP contribution in [-0.2, 0) is 4.79 Å². The van der Waals surface area contributed by atoms with Crippen molar-refractivity contribution in [3.63, 3.8) is 0 Å². The molecule has 0 unspecified atom stereocenters. The van der Waals surface area contributed by atoms with Crippen molar-refractivity contribution < 1.29 is 14.3 Å². The molecule has 25 heavy (non-hydrogen) atoms. The van der Waals surface area contributed by atoms with Crippen molar-refractivity contribution in [2.24, 2.45) is 0 Å². The molecule has 1 aromatic carbocycles. The molecule has 0 aliphatic carbocycles. The van der Waals surface area contributed by atoms with E-state index in [4.69, 9.17) is 4.74 Å². The highest BCUT2D eigenvalue weighted by Crippen LogP contribution is 2.17. The Hall–Kier alpha value is -2.28. The van der Waals surface area contributed by atoms with Gasteiger partial charge in [0, 0.05) is 44.0 Å². The van der Waals surface area contributed by atoms with Crippen LogP contribution in [0.25, 0.3) is 0 Å². The highest BCUT2D eigenvalue weighted by atomic mass is 16.5. The molecule has 3 amide bonds. The number of hydrogen-bond acceptors (Lipinski definition) is 4. The zero-order chi connectivity index (χ0) is 18.4. The van der Waals surface area contributed by atoms with Crippen LogP contribution in [0.2, 0.25) is 0 Å². The lowest BCUT2D eigenvalue weighted by Crippen LogP contribution is -2.56. The number of nitrogens with one attached hydrogen (secondary N) is 2. The summed E-state index contributed by atoms with van der Waals surface area (Å²) in [7, 11) is 1.59. The van der Waals surface area contributed by atoms with E-state index in [0.717, 1.165) is 0 Å². The first-order valence-electron chi connectivity index (χ1n) is 8.65. The fourth-order valence-corrected chi connectivity index (χ4v) is 2.79. The van der Waals surface area contributed by atoms with Gasteiger partial charge in [0.15, 0.2) is 0 Å². The minimum Gasteiger partial charge on any atom is -0.497 e. The molecular weight excluding hydrogens is 320 g/mol. The Morgan fingerprint density at radius 2 is 1.80 bits per heavy atom. The molecule has 1 aromatic rings. The van der Waals surface area contributed by atoms with Crippen LogP contribution in [0.4, 0.5) is 10.5 Å². The third kappa shape index (κ3) is 5.35. The summed E-state index contributed by atoms with van der Waals surface area (Å²) in [6.45, 7) is 8.35. The number of rotatable bonds is 5. The number of piperazine rings is 1. The predicted molar refractivity (Wildman–Crippen MR) is 97.9 cm³/mol. The molecule has 138 valence electrons. The molecule has 7 nitrogen and oxygen atoms in total. The highest BCUT2D eigenvalue weighted by Gasteiger charge is 2.27. The number of carbonyl (C=O) groups excluding carboxylic acids is 2. The van der Waals surface area contributed by atoms with Gasteiger partial charge in [-0.15, -0.1) is 0 Å². The van der Waals surface area contributed by atoms with Crippen molar-refractivity contribution in [1.82, 2.24) is 15.1 Å². The number of carbonyl (C=O) groups is 2. The van der Waals surface area contributed by atoms with Crippen LogP contribution in [0, 0.1) is 0 Å². The molecule has 0 radical (unpaired) electrons. The normalized spacial score (nSPS) is 16.4. The van der Waals surface area contributed by atoms with Crippen molar-refractivity contribution in [2.75, 3.05) is 38.6 Å². The van der Waals surface area contributed by atoms with E-state index in [0.29, 0.717) is 37.6 Å². The lowest BCUT2D eigenvalue weighted by Gasteiger charge is -2.37. The standard InChI is InChI=1S/C18H28N4O3/c1-13(2)19-17(23)14(3)21-8-10-22(11-9-21)18(24)20-15-6-5-7-16(12-15)25-4/h5-7,12-14H,8-11H2,1-4H3,(H,19,23)(H,20,24)/t14-/m1/s1. The molecule has 1 saturated heterocycles. The van der Waals surface area contributed by atoms with Crippen molar-refractivity contribution in [3.8, 4) is 5.75 Å². The molecular formula is C18H28N4O3. The summed E-state index contributed by atoms with van der Waals surface area (Å²) in [5, 5.41) is 5.82. The number of urea groups is 1. The molecule has 0 aromatic heterocycles. The monoisotopic (exact) mass is 348 g/mol. The van der Waals surface area contributed by atoms with E-state index in [-0.39, 0.29) is 24.0 Å². The van der Waals surface area contributed by atoms with Crippen LogP contribution >= 0.6 is 0 Å². The second kappa shape index (κ2) is 8.71. The Balaban J connectivity index is 1.84. The number of ether oxygens (including phenoxy) is 1. The lowest BCUT2D eigenvalue weighted by molar-refractivity contribution is -0.126. The topological polar surface area (TPSA) is 73.9 Å². The predicted octanol–water partition coefficient (Wildman–Crippen LogP) is 1.76. The van der Waals surface area contributed by atoms with Gasteiger partial charge in [-0.1, -0.05) is 6.07 Å². The minimum absolute atomic E-state index is 0.0317. The van der Waals surface area contributed by atoms with Gasteiger partial charge in [-0.05, 0) is 32.9 Å². The number of anilines is 1. The van der Waals surface area contributed by atoms with Gasteiger partial charge in [0.1, 0.15) is 5.75 Å². The van der Waals surface area contributed by atoms with Crippen LogP contribution in [0.5, 0.6) is 5.75 Å². The molecule has 0 spiro atoms. The molecule has 1 atom stereocenters. The molecule has 7 heteroatoms. The zero-order valence-electron chi connectivity index (χ0n) is 15.4. The van der Waals surface area contributed by atoms with Gasteiger partial charge in [0.25, 0.3) is 0 Å². The molecule has 1 heterocycles. The SMILES string of the molecule is COc1cccc(NC(=O)N2CCN([C@H](C)C(=O)NC(C)C)CC2)c1. The van der Waals surface area contributed by atoms with Crippen LogP contribution < -0.4 is 15.4 Å². The minimum atomic E-state index is -0.189. The summed E-state index contributed by atoms with van der Waals surface area (Å²) in [5.41, 5.74) is 0.705. The Kier molecular flexibility index (Phi) is 6.64. The van der Waals surface area contributed by atoms with E-state index in [9.17, 15) is 9.59 Å². The van der Waals surface area contributed by atoms with E-state index in [2.05, 4.69) is 15.5 Å². The van der Waals surface area contributed by atoms with Crippen molar-refractivity contribution in [2.45, 2.75) is 32.9 Å². The first-order chi connectivity index (χ1) is 11.9. The molecule has 1 aliphatic rings. The first kappa shape index (κ1) is 19.1. The van der Waals surface area contributed by atoms with E-state index in [1.807, 2.05) is 39.0 Å². The maximum Gasteiger partial charge on any atom is 0.321 e. The third-order valence-electron chi connectivity index (χ3n) is 4.28. The number of methoxy groups -OCH3 is 1. The van der Waals surface area contributed by atoms with Gasteiger partial charge >= 0.3 is 6.03 Å². The van der Waals surface area contributed by atoms with Gasteiger partial charge in [-0.2, -0.15) is 0 Å². The summed E-state index contributed by atoms with van der Waals surface area (Å²) in [4.78, 5) is 28.4. The van der Waals surface area contributed by atoms with Gasteiger partial charge in [0.05, 0.1) is 13.2 Å². The van der Waals surface area contributed by atoms with E-state index in [1.165, 1.54) is 0 Å². The Morgan fingerprint density at radius 1 is 1.12 bits per heavy atom. The van der Waals surface area contributed by atoms with Crippen molar-refractivity contribution in [3.05, 3.63) is 24.3 Å². The third-order valence-corrected chi connectivity index (χ3v) is 4.28. The summed E-state index contributed by atoms with van der Waals surface area (Å²) >= 11 is 0. The Morgan fingerprint density at radius 3 is 2.40 bits per heavy atom. The summed E-state index contributed by atoms with van der Waals surface area (Å²) < 4.78 is 5.16. The molecule has 2 N–H and O–H groups in total. The van der Waals surface area contributed by atoms with Gasteiger partial charge in [0.2, 0.25) is 5.91 Å². The van der Waals surface area contributed by atoms with Gasteiger partial charge in [-0.25, -0.2) is 4.79 Å². The van der Waals surface area contributed by atoms with Gasteiger partial charge in [-0.3, -0.25) is 9.69 Å². The maximum atomic E-state index is 12.4. The molecule has 0 saturated carbocycles. The number of amides is 3. The van der Waals surface area contributed by atoms with Crippen LogP contribution in [-0.4, -0.2) is 67.1 Å². The van der Waals surface area contributed by atoms with Crippen LogP contribution in [0.1, 0.15) is 20.8 Å². The second-order valence-corrected chi connectivity index (χ2v) is 6.52. The first-order valence-corrected chi connectivity index (χ1v) is 8.65. The van der Waals surface area contributed by atoms with E-state index < -0.39 is 0 Å². The van der Waals surface area contributed by atoms with Crippen molar-refractivity contribution in [1.29, 1.82) is 0 Å². The number of hydrogen-bond donors (Lipinski definition) is 2. The van der Waals surface area contributed by atoms with Crippen LogP contribution in [0.15, 0.2) is 24.3 Å². The zero-order valence-corrected chi connectivity index (χ0v) is 15.4. The maximum absolute atomic E-state index is 12.4. The molecule has 1 fully saturated rings. The Bertz CT molecular complexity index is 598. The second-order valence-electron chi connectivity index (χ2n) is 6.52. The summed E-state index contributed by atoms with van der Waals surface area (Å²) in [5.74, 6) is 0.733. The highest BCUT2D eigenvalue weighted by molar-refractivity contribution is 5.89. The average molecular weight is 348 g/mol. The average Bonchev–Trinajstić information content (AvgIpc) is 2.60. The smallest absolute Gasteiger partial charge is 0.321 e. The van der Waals surface area contributed by atoms with E-state index in [1.54, 1.807) is 18.1 Å². The number of benzene rings is 1. The molecule has 1 aliphatic heterocycles. The number of nitrogens with zero attached hydrogens (tertiary/aromatic N) is 2. The largest absolute Gasteiger partial charge is 0.497 e. The molecule has 0 bridgehead atoms. The molecule has 2 rings (SSSR count). The lowest BCUT2D eigenvalue weighted by atomic mass is 10.2. The van der Waals surface area contributed by atoms with E-state index >= 15 is 0 Å². The quantitative estimate of drug-likeness (QED) is 0.850.